The topological polar surface area (TPSA) is 111 Å². The Morgan fingerprint density at radius 1 is 1.32 bits per heavy atom. The molecule has 0 aliphatic carbocycles. The van der Waals surface area contributed by atoms with Crippen LogP contribution < -0.4 is 15.0 Å². The molecular weight excluding hydrogens is 508 g/mol. The number of nitrogens with one attached hydrogen (secondary N) is 2. The molecule has 194 valence electrons. The molecule has 1 atom stereocenters. The number of aliphatic hydroxyl groups is 1. The van der Waals surface area contributed by atoms with Crippen LogP contribution in [0.3, 0.4) is 0 Å². The summed E-state index contributed by atoms with van der Waals surface area (Å²) in [6.07, 6.45) is 1.56. The van der Waals surface area contributed by atoms with Gasteiger partial charge in [0.15, 0.2) is 0 Å². The van der Waals surface area contributed by atoms with Crippen LogP contribution in [0, 0.1) is 0 Å². The maximum absolute atomic E-state index is 13.0. The van der Waals surface area contributed by atoms with Crippen molar-refractivity contribution in [3.05, 3.63) is 59.4 Å². The van der Waals surface area contributed by atoms with Crippen LogP contribution in [-0.4, -0.2) is 63.1 Å². The van der Waals surface area contributed by atoms with E-state index in [1.807, 2.05) is 17.9 Å². The number of aliphatic hydroxyl groups excluding tert-OH is 1. The summed E-state index contributed by atoms with van der Waals surface area (Å²) in [6.45, 7) is 4.03. The fraction of sp³-hybridized carbons (Fsp3) is 0.320. The number of benzene rings is 1. The Labute approximate surface area is 216 Å². The summed E-state index contributed by atoms with van der Waals surface area (Å²) in [5, 5.41) is 12.8. The molecule has 3 aromatic rings. The summed E-state index contributed by atoms with van der Waals surface area (Å²) < 4.78 is 29.9. The molecule has 37 heavy (non-hydrogen) atoms. The van der Waals surface area contributed by atoms with E-state index >= 15 is 0 Å². The first-order valence-electron chi connectivity index (χ1n) is 11.7. The van der Waals surface area contributed by atoms with Gasteiger partial charge >= 0.3 is 5.57 Å². The molecule has 12 heteroatoms. The van der Waals surface area contributed by atoms with Crippen LogP contribution in [0.25, 0.3) is 11.3 Å². The summed E-state index contributed by atoms with van der Waals surface area (Å²) >= 11 is 4.78. The third-order valence-corrected chi connectivity index (χ3v) is 6.45. The molecule has 3 N–H and O–H groups in total. The number of hydrogen-bond donors (Lipinski definition) is 3. The lowest BCUT2D eigenvalue weighted by Crippen LogP contribution is -2.24. The van der Waals surface area contributed by atoms with Crippen LogP contribution in [0.5, 0.6) is 5.75 Å². The standard InChI is InChI=1S/C25H24ClF2N5O4/c1-2-32-12-15-10-20(31-21(15)24(32)36)19-9-14(11-29-22(19)33-8-7-17(34)13-33)23(35)30-16-3-5-18(6-4-16)37-25(26,27)28/h3-6,9-11,17,31,34H,2,7-8,12-13H2,1H3,(H,30,35)/t17-/m0/s1. The number of nitrogens with zero attached hydrogens (tertiary/aromatic N) is 3. The van der Waals surface area contributed by atoms with E-state index in [0.29, 0.717) is 61.1 Å². The molecule has 2 aromatic heterocycles. The SMILES string of the molecule is CCN1Cc2cc(-c3cc(C(=O)Nc4ccc(OC(F)(F)Cl)cc4)cnc3N3CC[C@H](O)C3)[nH]c2C1=O. The van der Waals surface area contributed by atoms with Gasteiger partial charge in [0.2, 0.25) is 0 Å². The summed E-state index contributed by atoms with van der Waals surface area (Å²) in [5.41, 5.74) is -0.568. The van der Waals surface area contributed by atoms with Gasteiger partial charge in [-0.15, -0.1) is 8.78 Å². The maximum Gasteiger partial charge on any atom is 0.487 e. The normalized spacial score (nSPS) is 17.3. The third-order valence-electron chi connectivity index (χ3n) is 6.37. The fourth-order valence-electron chi connectivity index (χ4n) is 4.56. The zero-order valence-corrected chi connectivity index (χ0v) is 20.6. The number of carbonyl (C=O) groups excluding carboxylic acids is 2. The van der Waals surface area contributed by atoms with Crippen molar-refractivity contribution >= 4 is 34.9 Å². The first-order valence-corrected chi connectivity index (χ1v) is 12.1. The van der Waals surface area contributed by atoms with Gasteiger partial charge in [0, 0.05) is 60.8 Å². The Balaban J connectivity index is 1.43. The quantitative estimate of drug-likeness (QED) is 0.397. The van der Waals surface area contributed by atoms with Crippen LogP contribution in [0.4, 0.5) is 20.3 Å². The monoisotopic (exact) mass is 531 g/mol. The van der Waals surface area contributed by atoms with Crippen molar-refractivity contribution < 1.29 is 28.2 Å². The number of halogens is 3. The van der Waals surface area contributed by atoms with Crippen LogP contribution in [0.1, 0.15) is 39.8 Å². The fourth-order valence-corrected chi connectivity index (χ4v) is 4.65. The van der Waals surface area contributed by atoms with Crippen molar-refractivity contribution in [1.29, 1.82) is 0 Å². The molecule has 1 saturated heterocycles. The Kier molecular flexibility index (Phi) is 6.50. The Hall–Kier alpha value is -3.70. The first-order chi connectivity index (χ1) is 17.6. The number of ether oxygens (including phenoxy) is 1. The lowest BCUT2D eigenvalue weighted by atomic mass is 10.1. The minimum absolute atomic E-state index is 0.0805. The predicted octanol–water partition coefficient (Wildman–Crippen LogP) is 4.04. The van der Waals surface area contributed by atoms with Gasteiger partial charge in [-0.3, -0.25) is 9.59 Å². The van der Waals surface area contributed by atoms with Gasteiger partial charge in [-0.2, -0.15) is 0 Å². The van der Waals surface area contributed by atoms with Crippen molar-refractivity contribution in [3.8, 4) is 17.0 Å². The molecule has 2 aliphatic rings. The van der Waals surface area contributed by atoms with Crippen LogP contribution >= 0.6 is 11.6 Å². The molecule has 4 heterocycles. The van der Waals surface area contributed by atoms with Crippen molar-refractivity contribution in [2.75, 3.05) is 29.9 Å². The van der Waals surface area contributed by atoms with Crippen molar-refractivity contribution in [2.45, 2.75) is 31.6 Å². The molecule has 0 spiro atoms. The van der Waals surface area contributed by atoms with E-state index in [1.54, 1.807) is 11.0 Å². The van der Waals surface area contributed by atoms with Crippen molar-refractivity contribution in [2.24, 2.45) is 0 Å². The van der Waals surface area contributed by atoms with E-state index in [1.165, 1.54) is 30.5 Å². The van der Waals surface area contributed by atoms with Gasteiger partial charge in [0.1, 0.15) is 17.3 Å². The maximum atomic E-state index is 13.0. The van der Waals surface area contributed by atoms with Crippen LogP contribution in [0.2, 0.25) is 0 Å². The van der Waals surface area contributed by atoms with Crippen LogP contribution in [-0.2, 0) is 6.54 Å². The van der Waals surface area contributed by atoms with Gasteiger partial charge in [-0.05, 0) is 49.7 Å². The summed E-state index contributed by atoms with van der Waals surface area (Å²) in [5.74, 6) is -0.111. The minimum Gasteiger partial charge on any atom is -0.420 e. The molecule has 2 aliphatic heterocycles. The zero-order valence-electron chi connectivity index (χ0n) is 19.8. The molecule has 0 bridgehead atoms. The number of aromatic amines is 1. The van der Waals surface area contributed by atoms with Gasteiger partial charge in [-0.1, -0.05) is 0 Å². The lowest BCUT2D eigenvalue weighted by molar-refractivity contribution is -0.0964. The zero-order chi connectivity index (χ0) is 26.3. The molecular formula is C25H24ClF2N5O4. The molecule has 9 nitrogen and oxygen atoms in total. The highest BCUT2D eigenvalue weighted by Gasteiger charge is 2.31. The van der Waals surface area contributed by atoms with E-state index in [4.69, 9.17) is 11.6 Å². The number of amides is 2. The molecule has 0 saturated carbocycles. The second-order valence-electron chi connectivity index (χ2n) is 8.91. The van der Waals surface area contributed by atoms with Crippen molar-refractivity contribution in [3.63, 3.8) is 0 Å². The number of alkyl halides is 3. The van der Waals surface area contributed by atoms with Gasteiger partial charge in [-0.25, -0.2) is 4.98 Å². The van der Waals surface area contributed by atoms with E-state index in [-0.39, 0.29) is 17.2 Å². The van der Waals surface area contributed by atoms with E-state index in [2.05, 4.69) is 20.0 Å². The van der Waals surface area contributed by atoms with E-state index < -0.39 is 17.6 Å². The average molecular weight is 532 g/mol. The number of aromatic nitrogens is 2. The van der Waals surface area contributed by atoms with Gasteiger partial charge in [0.25, 0.3) is 11.8 Å². The van der Waals surface area contributed by atoms with E-state index in [9.17, 15) is 23.5 Å². The number of hydrogen-bond acceptors (Lipinski definition) is 6. The second-order valence-corrected chi connectivity index (χ2v) is 9.35. The summed E-state index contributed by atoms with van der Waals surface area (Å²) in [4.78, 5) is 37.1. The number of β-amino-alcohol motifs (C(OH)–C–C–N with tert-alkyl or cyclic N) is 1. The largest absolute Gasteiger partial charge is 0.487 e. The van der Waals surface area contributed by atoms with E-state index in [0.717, 1.165) is 5.56 Å². The number of rotatable bonds is 7. The highest BCUT2D eigenvalue weighted by atomic mass is 35.5. The number of fused-ring (bicyclic) bond motifs is 1. The Morgan fingerprint density at radius 2 is 2.08 bits per heavy atom. The van der Waals surface area contributed by atoms with Gasteiger partial charge in [0.05, 0.1) is 17.4 Å². The number of pyridine rings is 1. The lowest BCUT2D eigenvalue weighted by Gasteiger charge is -2.21. The highest BCUT2D eigenvalue weighted by Crippen LogP contribution is 2.35. The van der Waals surface area contributed by atoms with Gasteiger partial charge < -0.3 is 29.9 Å². The Morgan fingerprint density at radius 3 is 2.70 bits per heavy atom. The second kappa shape index (κ2) is 9.64. The molecule has 2 amide bonds. The van der Waals surface area contributed by atoms with Crippen LogP contribution in [0.15, 0.2) is 42.6 Å². The minimum atomic E-state index is -3.84. The highest BCUT2D eigenvalue weighted by molar-refractivity contribution is 6.20. The molecule has 0 radical (unpaired) electrons. The molecule has 0 unspecified atom stereocenters. The average Bonchev–Trinajstić information content (AvgIpc) is 3.55. The first kappa shape index (κ1) is 25.0. The molecule has 5 rings (SSSR count). The van der Waals surface area contributed by atoms with Crippen molar-refractivity contribution in [1.82, 2.24) is 14.9 Å². The smallest absolute Gasteiger partial charge is 0.420 e. The predicted molar refractivity (Wildman–Crippen MR) is 133 cm³/mol. The molecule has 1 aromatic carbocycles. The Bertz CT molecular complexity index is 1340. The number of H-pyrrole nitrogens is 1. The molecule has 1 fully saturated rings. The number of anilines is 2. The third kappa shape index (κ3) is 5.23. The summed E-state index contributed by atoms with van der Waals surface area (Å²) in [7, 11) is 0. The summed E-state index contributed by atoms with van der Waals surface area (Å²) in [6, 6.07) is 8.90. The number of carbonyl (C=O) groups is 2.